The Morgan fingerprint density at radius 1 is 1.36 bits per heavy atom. The van der Waals surface area contributed by atoms with Gasteiger partial charge in [0.25, 0.3) is 0 Å². The monoisotopic (exact) mass is 322 g/mol. The van der Waals surface area contributed by atoms with Gasteiger partial charge in [-0.2, -0.15) is 5.10 Å². The Bertz CT molecular complexity index is 644. The lowest BCUT2D eigenvalue weighted by molar-refractivity contribution is -0.118. The van der Waals surface area contributed by atoms with E-state index in [0.717, 1.165) is 16.2 Å². The van der Waals surface area contributed by atoms with Crippen molar-refractivity contribution < 1.29 is 19.2 Å². The van der Waals surface area contributed by atoms with E-state index in [1.54, 1.807) is 12.1 Å². The summed E-state index contributed by atoms with van der Waals surface area (Å²) in [7, 11) is 0. The number of Topliss-reactive ketones (excluding diaryl/α,β-unsaturated/α-hetero) is 1. The Morgan fingerprint density at radius 2 is 2.05 bits per heavy atom. The maximum absolute atomic E-state index is 12.0. The number of carbonyl (C=O) groups is 4. The third-order valence-electron chi connectivity index (χ3n) is 2.74. The van der Waals surface area contributed by atoms with E-state index < -0.39 is 11.9 Å². The number of nitrogens with one attached hydrogen (secondary N) is 1. The van der Waals surface area contributed by atoms with Crippen molar-refractivity contribution in [3.63, 3.8) is 0 Å². The summed E-state index contributed by atoms with van der Waals surface area (Å²) in [6, 6.07) is 5.52. The molecule has 0 spiro atoms. The van der Waals surface area contributed by atoms with Gasteiger partial charge in [0.15, 0.2) is 5.78 Å². The zero-order chi connectivity index (χ0) is 16.1. The van der Waals surface area contributed by atoms with Crippen LogP contribution in [0, 0.1) is 0 Å². The van der Waals surface area contributed by atoms with Gasteiger partial charge in [-0.25, -0.2) is 9.80 Å². The van der Waals surface area contributed by atoms with Crippen molar-refractivity contribution in [3.8, 4) is 0 Å². The predicted molar refractivity (Wildman–Crippen MR) is 77.3 cm³/mol. The van der Waals surface area contributed by atoms with Gasteiger partial charge in [-0.15, -0.1) is 0 Å². The van der Waals surface area contributed by atoms with Crippen LogP contribution in [0.15, 0.2) is 29.4 Å². The summed E-state index contributed by atoms with van der Waals surface area (Å²) in [4.78, 5) is 46.1. The zero-order valence-electron chi connectivity index (χ0n) is 11.2. The number of carbonyl (C=O) groups excluding carboxylic acids is 4. The van der Waals surface area contributed by atoms with Crippen molar-refractivity contribution in [2.45, 2.75) is 0 Å². The second-order valence-electron chi connectivity index (χ2n) is 4.35. The third-order valence-corrected chi connectivity index (χ3v) is 2.99. The molecule has 114 valence electrons. The average molecular weight is 323 g/mol. The Balaban J connectivity index is 1.98. The van der Waals surface area contributed by atoms with E-state index in [9.17, 15) is 19.2 Å². The number of amides is 4. The SMILES string of the molecule is O=CN(C=NN1CC(=O)NC1=O)CC(=O)c1ccc(Cl)cc1. The number of ketones is 1. The van der Waals surface area contributed by atoms with E-state index in [2.05, 4.69) is 5.10 Å². The van der Waals surface area contributed by atoms with Crippen molar-refractivity contribution in [1.29, 1.82) is 0 Å². The van der Waals surface area contributed by atoms with Crippen LogP contribution in [0.2, 0.25) is 5.02 Å². The number of nitrogens with zero attached hydrogens (tertiary/aromatic N) is 3. The zero-order valence-corrected chi connectivity index (χ0v) is 12.0. The Morgan fingerprint density at radius 3 is 2.59 bits per heavy atom. The largest absolute Gasteiger partial charge is 0.345 e. The molecular formula is C13H11ClN4O4. The lowest BCUT2D eigenvalue weighted by Gasteiger charge is -2.12. The second kappa shape index (κ2) is 6.81. The van der Waals surface area contributed by atoms with E-state index in [-0.39, 0.29) is 18.9 Å². The molecule has 0 aromatic heterocycles. The summed E-state index contributed by atoms with van der Waals surface area (Å²) in [5, 5.41) is 7.06. The fourth-order valence-corrected chi connectivity index (χ4v) is 1.78. The molecule has 1 aliphatic rings. The molecule has 8 nitrogen and oxygen atoms in total. The number of hydrogen-bond acceptors (Lipinski definition) is 5. The van der Waals surface area contributed by atoms with Crippen LogP contribution in [0.3, 0.4) is 0 Å². The Hall–Kier alpha value is -2.74. The Labute approximate surface area is 130 Å². The van der Waals surface area contributed by atoms with Crippen LogP contribution < -0.4 is 5.32 Å². The fraction of sp³-hybridized carbons (Fsp3) is 0.154. The topological polar surface area (TPSA) is 99.2 Å². The van der Waals surface area contributed by atoms with E-state index in [1.165, 1.54) is 12.1 Å². The van der Waals surface area contributed by atoms with Crippen LogP contribution in [-0.2, 0) is 9.59 Å². The molecule has 2 rings (SSSR count). The molecule has 0 bridgehead atoms. The number of imide groups is 1. The maximum Gasteiger partial charge on any atom is 0.345 e. The van der Waals surface area contributed by atoms with Crippen molar-refractivity contribution >= 4 is 42.1 Å². The molecule has 0 radical (unpaired) electrons. The van der Waals surface area contributed by atoms with E-state index in [4.69, 9.17) is 11.6 Å². The van der Waals surface area contributed by atoms with Gasteiger partial charge in [0, 0.05) is 10.6 Å². The van der Waals surface area contributed by atoms with Gasteiger partial charge in [-0.1, -0.05) is 11.6 Å². The minimum absolute atomic E-state index is 0.229. The van der Waals surface area contributed by atoms with E-state index >= 15 is 0 Å². The molecule has 0 saturated carbocycles. The molecule has 9 heteroatoms. The standard InChI is InChI=1S/C13H11ClN4O4/c14-10-3-1-9(2-4-10)11(20)5-17(8-19)7-15-18-6-12(21)16-13(18)22/h1-4,7-8H,5-6H2,(H,16,21,22). The van der Waals surface area contributed by atoms with Crippen molar-refractivity contribution in [2.75, 3.05) is 13.1 Å². The van der Waals surface area contributed by atoms with Gasteiger partial charge < -0.3 is 0 Å². The van der Waals surface area contributed by atoms with Crippen LogP contribution in [-0.4, -0.2) is 53.5 Å². The van der Waals surface area contributed by atoms with Crippen LogP contribution in [0.5, 0.6) is 0 Å². The highest BCUT2D eigenvalue weighted by Gasteiger charge is 2.26. The summed E-state index contributed by atoms with van der Waals surface area (Å²) in [6.07, 6.45) is 1.41. The van der Waals surface area contributed by atoms with Gasteiger partial charge in [0.05, 0.1) is 6.54 Å². The molecule has 1 N–H and O–H groups in total. The summed E-state index contributed by atoms with van der Waals surface area (Å²) >= 11 is 5.73. The summed E-state index contributed by atoms with van der Waals surface area (Å²) in [6.45, 7) is -0.481. The van der Waals surface area contributed by atoms with Gasteiger partial charge >= 0.3 is 6.03 Å². The molecule has 1 aliphatic heterocycles. The molecular weight excluding hydrogens is 312 g/mol. The number of urea groups is 1. The lowest BCUT2D eigenvalue weighted by Crippen LogP contribution is -2.30. The smallest absolute Gasteiger partial charge is 0.296 e. The molecule has 1 heterocycles. The third kappa shape index (κ3) is 3.89. The molecule has 0 atom stereocenters. The first-order chi connectivity index (χ1) is 10.5. The summed E-state index contributed by atoms with van der Waals surface area (Å²) < 4.78 is 0. The summed E-state index contributed by atoms with van der Waals surface area (Å²) in [5.41, 5.74) is 0.388. The number of halogens is 1. The quantitative estimate of drug-likeness (QED) is 0.271. The maximum atomic E-state index is 12.0. The summed E-state index contributed by atoms with van der Waals surface area (Å²) in [5.74, 6) is -0.811. The molecule has 1 aromatic rings. The first kappa shape index (κ1) is 15.6. The number of hydrazone groups is 1. The number of benzene rings is 1. The molecule has 22 heavy (non-hydrogen) atoms. The number of hydrogen-bond donors (Lipinski definition) is 1. The molecule has 1 saturated heterocycles. The highest BCUT2D eigenvalue weighted by atomic mass is 35.5. The lowest BCUT2D eigenvalue weighted by atomic mass is 10.1. The van der Waals surface area contributed by atoms with Gasteiger partial charge in [0.2, 0.25) is 12.3 Å². The minimum atomic E-state index is -0.684. The normalized spacial score (nSPS) is 14.3. The van der Waals surface area contributed by atoms with Crippen LogP contribution >= 0.6 is 11.6 Å². The first-order valence-electron chi connectivity index (χ1n) is 6.15. The van der Waals surface area contributed by atoms with Crippen LogP contribution in [0.1, 0.15) is 10.4 Å². The minimum Gasteiger partial charge on any atom is -0.296 e. The van der Waals surface area contributed by atoms with E-state index in [1.807, 2.05) is 5.32 Å². The molecule has 0 unspecified atom stereocenters. The molecule has 4 amide bonds. The van der Waals surface area contributed by atoms with E-state index in [0.29, 0.717) is 17.0 Å². The predicted octanol–water partition coefficient (Wildman–Crippen LogP) is 0.476. The van der Waals surface area contributed by atoms with Crippen molar-refractivity contribution in [1.82, 2.24) is 15.2 Å². The van der Waals surface area contributed by atoms with Crippen molar-refractivity contribution in [2.24, 2.45) is 5.10 Å². The first-order valence-corrected chi connectivity index (χ1v) is 6.52. The number of rotatable bonds is 6. The molecule has 0 aliphatic carbocycles. The highest BCUT2D eigenvalue weighted by Crippen LogP contribution is 2.10. The average Bonchev–Trinajstić information content (AvgIpc) is 2.81. The molecule has 1 aromatic carbocycles. The van der Waals surface area contributed by atoms with Crippen molar-refractivity contribution in [3.05, 3.63) is 34.9 Å². The van der Waals surface area contributed by atoms with Crippen LogP contribution in [0.25, 0.3) is 0 Å². The highest BCUT2D eigenvalue weighted by molar-refractivity contribution is 6.30. The van der Waals surface area contributed by atoms with Gasteiger partial charge in [-0.05, 0) is 24.3 Å². The van der Waals surface area contributed by atoms with Gasteiger partial charge in [0.1, 0.15) is 12.9 Å². The van der Waals surface area contributed by atoms with Crippen LogP contribution in [0.4, 0.5) is 4.79 Å². The fourth-order valence-electron chi connectivity index (χ4n) is 1.65. The molecule has 1 fully saturated rings. The Kier molecular flexibility index (Phi) is 4.84. The second-order valence-corrected chi connectivity index (χ2v) is 4.79. The van der Waals surface area contributed by atoms with Gasteiger partial charge in [-0.3, -0.25) is 24.6 Å².